The number of β-amino-alcohol motifs (C(OH)–C–C–N with tert-alkyl or cyclic N) is 1. The summed E-state index contributed by atoms with van der Waals surface area (Å²) in [5.74, 6) is 0.690. The van der Waals surface area contributed by atoms with Crippen molar-refractivity contribution in [2.24, 2.45) is 5.92 Å². The van der Waals surface area contributed by atoms with E-state index in [9.17, 15) is 9.90 Å². The number of carbonyl (C=O) groups excluding carboxylic acids is 1. The van der Waals surface area contributed by atoms with Crippen LogP contribution in [-0.4, -0.2) is 72.9 Å². The minimum absolute atomic E-state index is 0.0932. The van der Waals surface area contributed by atoms with Crippen molar-refractivity contribution in [3.05, 3.63) is 48.0 Å². The van der Waals surface area contributed by atoms with Gasteiger partial charge in [0, 0.05) is 44.9 Å². The molecule has 1 N–H and O–H groups in total. The molecule has 0 saturated carbocycles. The van der Waals surface area contributed by atoms with Gasteiger partial charge in [-0.3, -0.25) is 9.69 Å². The molecule has 1 aliphatic heterocycles. The first-order valence-electron chi connectivity index (χ1n) is 9.70. The summed E-state index contributed by atoms with van der Waals surface area (Å²) in [5.41, 5.74) is 0.743. The number of nitrogens with zero attached hydrogens (tertiary/aromatic N) is 2. The van der Waals surface area contributed by atoms with Crippen LogP contribution in [-0.2, 0) is 4.74 Å². The van der Waals surface area contributed by atoms with Crippen LogP contribution in [0, 0.1) is 5.92 Å². The molecule has 26 heavy (non-hydrogen) atoms. The zero-order valence-electron chi connectivity index (χ0n) is 15.4. The Morgan fingerprint density at radius 1 is 1.15 bits per heavy atom. The highest BCUT2D eigenvalue weighted by Gasteiger charge is 2.23. The highest BCUT2D eigenvalue weighted by Crippen LogP contribution is 2.18. The molecule has 2 aliphatic rings. The molecule has 0 aromatic heterocycles. The van der Waals surface area contributed by atoms with Gasteiger partial charge in [-0.05, 0) is 37.3 Å². The van der Waals surface area contributed by atoms with Gasteiger partial charge in [0.2, 0.25) is 0 Å². The van der Waals surface area contributed by atoms with Gasteiger partial charge in [-0.2, -0.15) is 0 Å². The summed E-state index contributed by atoms with van der Waals surface area (Å²) in [6.45, 7) is 4.74. The normalized spacial score (nSPS) is 22.3. The molecule has 1 fully saturated rings. The smallest absolute Gasteiger partial charge is 0.253 e. The standard InChI is InChI=1S/C21H30N2O3/c24-20(17-26-16-18-7-3-1-4-8-18)15-22-11-13-23(14-12-22)21(25)19-9-5-2-6-10-19/h1-3,5-6,9-10,18,20,24H,4,7-8,11-17H2/t18-,20-/m1/s1. The lowest BCUT2D eigenvalue weighted by molar-refractivity contribution is -0.00300. The molecule has 0 bridgehead atoms. The molecular weight excluding hydrogens is 328 g/mol. The van der Waals surface area contributed by atoms with Crippen molar-refractivity contribution in [1.29, 1.82) is 0 Å². The quantitative estimate of drug-likeness (QED) is 0.759. The van der Waals surface area contributed by atoms with Crippen molar-refractivity contribution in [3.63, 3.8) is 0 Å². The van der Waals surface area contributed by atoms with Crippen LogP contribution in [0.4, 0.5) is 0 Å². The van der Waals surface area contributed by atoms with Crippen LogP contribution < -0.4 is 0 Å². The Morgan fingerprint density at radius 2 is 1.92 bits per heavy atom. The molecule has 1 amide bonds. The number of amides is 1. The van der Waals surface area contributed by atoms with Crippen molar-refractivity contribution in [3.8, 4) is 0 Å². The second kappa shape index (κ2) is 9.86. The number of hydrogen-bond acceptors (Lipinski definition) is 4. The van der Waals surface area contributed by atoms with Gasteiger partial charge in [0.15, 0.2) is 0 Å². The summed E-state index contributed by atoms with van der Waals surface area (Å²) in [7, 11) is 0. The Labute approximate surface area is 156 Å². The lowest BCUT2D eigenvalue weighted by Gasteiger charge is -2.35. The van der Waals surface area contributed by atoms with E-state index in [0.717, 1.165) is 38.1 Å². The number of aliphatic hydroxyl groups excluding tert-OH is 1. The molecule has 0 unspecified atom stereocenters. The summed E-state index contributed by atoms with van der Waals surface area (Å²) < 4.78 is 5.72. The molecule has 142 valence electrons. The largest absolute Gasteiger partial charge is 0.389 e. The van der Waals surface area contributed by atoms with Gasteiger partial charge in [-0.15, -0.1) is 0 Å². The first-order chi connectivity index (χ1) is 12.7. The maximum Gasteiger partial charge on any atom is 0.253 e. The van der Waals surface area contributed by atoms with E-state index in [2.05, 4.69) is 17.1 Å². The van der Waals surface area contributed by atoms with Crippen LogP contribution in [0.5, 0.6) is 0 Å². The van der Waals surface area contributed by atoms with E-state index in [1.54, 1.807) is 0 Å². The number of allylic oxidation sites excluding steroid dienone is 2. The van der Waals surface area contributed by atoms with Crippen LogP contribution in [0.2, 0.25) is 0 Å². The Bertz CT molecular complexity index is 582. The van der Waals surface area contributed by atoms with Gasteiger partial charge in [-0.1, -0.05) is 30.4 Å². The first-order valence-corrected chi connectivity index (χ1v) is 9.70. The average Bonchev–Trinajstić information content (AvgIpc) is 2.69. The molecule has 1 aromatic rings. The lowest BCUT2D eigenvalue weighted by atomic mass is 9.95. The molecule has 1 saturated heterocycles. The molecule has 0 spiro atoms. The molecule has 1 heterocycles. The maximum absolute atomic E-state index is 12.5. The Kier molecular flexibility index (Phi) is 7.23. The van der Waals surface area contributed by atoms with Gasteiger partial charge in [-0.25, -0.2) is 0 Å². The minimum atomic E-state index is -0.467. The van der Waals surface area contributed by atoms with Gasteiger partial charge in [0.05, 0.1) is 12.7 Å². The number of carbonyl (C=O) groups is 1. The van der Waals surface area contributed by atoms with Crippen molar-refractivity contribution < 1.29 is 14.6 Å². The maximum atomic E-state index is 12.5. The van der Waals surface area contributed by atoms with E-state index in [4.69, 9.17) is 4.74 Å². The number of aliphatic hydroxyl groups is 1. The second-order valence-electron chi connectivity index (χ2n) is 7.30. The van der Waals surface area contributed by atoms with Crippen molar-refractivity contribution in [1.82, 2.24) is 9.80 Å². The van der Waals surface area contributed by atoms with Crippen molar-refractivity contribution >= 4 is 5.91 Å². The Morgan fingerprint density at radius 3 is 2.62 bits per heavy atom. The van der Waals surface area contributed by atoms with Crippen LogP contribution in [0.1, 0.15) is 29.6 Å². The minimum Gasteiger partial charge on any atom is -0.389 e. The van der Waals surface area contributed by atoms with Crippen molar-refractivity contribution in [2.45, 2.75) is 25.4 Å². The summed E-state index contributed by atoms with van der Waals surface area (Å²) >= 11 is 0. The predicted molar refractivity (Wildman–Crippen MR) is 102 cm³/mol. The third-order valence-electron chi connectivity index (χ3n) is 5.19. The fourth-order valence-corrected chi connectivity index (χ4v) is 3.63. The number of rotatable bonds is 7. The second-order valence-corrected chi connectivity index (χ2v) is 7.30. The third kappa shape index (κ3) is 5.66. The molecule has 0 radical (unpaired) electrons. The van der Waals surface area contributed by atoms with Crippen LogP contribution in [0.25, 0.3) is 0 Å². The fourth-order valence-electron chi connectivity index (χ4n) is 3.63. The van der Waals surface area contributed by atoms with Crippen molar-refractivity contribution in [2.75, 3.05) is 45.9 Å². The lowest BCUT2D eigenvalue weighted by Crippen LogP contribution is -2.50. The summed E-state index contributed by atoms with van der Waals surface area (Å²) in [6.07, 6.45) is 7.41. The summed E-state index contributed by atoms with van der Waals surface area (Å²) in [6, 6.07) is 9.42. The van der Waals surface area contributed by atoms with Crippen LogP contribution in [0.3, 0.4) is 0 Å². The number of piperazine rings is 1. The van der Waals surface area contributed by atoms with Gasteiger partial charge in [0.25, 0.3) is 5.91 Å². The van der Waals surface area contributed by atoms with Gasteiger partial charge >= 0.3 is 0 Å². The number of benzene rings is 1. The van der Waals surface area contributed by atoms with Gasteiger partial charge in [0.1, 0.15) is 0 Å². The molecule has 5 nitrogen and oxygen atoms in total. The third-order valence-corrected chi connectivity index (χ3v) is 5.19. The average molecular weight is 358 g/mol. The molecule has 1 aromatic carbocycles. The Balaban J connectivity index is 1.33. The zero-order valence-corrected chi connectivity index (χ0v) is 15.4. The van der Waals surface area contributed by atoms with E-state index < -0.39 is 6.10 Å². The summed E-state index contributed by atoms with van der Waals surface area (Å²) in [4.78, 5) is 16.6. The fraction of sp³-hybridized carbons (Fsp3) is 0.571. The molecular formula is C21H30N2O3. The van der Waals surface area contributed by atoms with Crippen LogP contribution in [0.15, 0.2) is 42.5 Å². The molecule has 1 aliphatic carbocycles. The van der Waals surface area contributed by atoms with E-state index in [0.29, 0.717) is 32.2 Å². The number of hydrogen-bond donors (Lipinski definition) is 1. The molecule has 2 atom stereocenters. The number of ether oxygens (including phenoxy) is 1. The zero-order chi connectivity index (χ0) is 18.2. The topological polar surface area (TPSA) is 53.0 Å². The summed E-state index contributed by atoms with van der Waals surface area (Å²) in [5, 5.41) is 10.2. The monoisotopic (exact) mass is 358 g/mol. The van der Waals surface area contributed by atoms with E-state index in [1.165, 1.54) is 6.42 Å². The highest BCUT2D eigenvalue weighted by molar-refractivity contribution is 5.94. The predicted octanol–water partition coefficient (Wildman–Crippen LogP) is 2.18. The highest BCUT2D eigenvalue weighted by atomic mass is 16.5. The Hall–Kier alpha value is -1.69. The van der Waals surface area contributed by atoms with Gasteiger partial charge < -0.3 is 14.7 Å². The van der Waals surface area contributed by atoms with E-state index in [-0.39, 0.29) is 5.91 Å². The van der Waals surface area contributed by atoms with E-state index >= 15 is 0 Å². The van der Waals surface area contributed by atoms with Crippen LogP contribution >= 0.6 is 0 Å². The first kappa shape index (κ1) is 19.1. The van der Waals surface area contributed by atoms with E-state index in [1.807, 2.05) is 35.2 Å². The molecule has 3 rings (SSSR count). The molecule has 5 heteroatoms. The SMILES string of the molecule is O=C(c1ccccc1)N1CCN(C[C@@H](O)COC[C@@H]2CC=CCC2)CC1.